The minimum absolute atomic E-state index is 0.0164. The molecule has 0 bridgehead atoms. The molecule has 0 N–H and O–H groups in total. The number of amides is 1. The van der Waals surface area contributed by atoms with E-state index in [9.17, 15) is 4.79 Å². The molecule has 3 rings (SSSR count). The molecule has 1 unspecified atom stereocenters. The van der Waals surface area contributed by atoms with Gasteiger partial charge in [0.05, 0.1) is 13.2 Å². The van der Waals surface area contributed by atoms with Crippen molar-refractivity contribution in [1.82, 2.24) is 14.9 Å². The minimum atomic E-state index is -0.0865. The Morgan fingerprint density at radius 3 is 2.54 bits per heavy atom. The molecular weight excluding hydrogens is 330 g/mol. The molecule has 1 fully saturated rings. The first-order chi connectivity index (χ1) is 12.5. The predicted molar refractivity (Wildman–Crippen MR) is 98.7 cm³/mol. The van der Waals surface area contributed by atoms with Gasteiger partial charge >= 0.3 is 6.01 Å². The fourth-order valence-electron chi connectivity index (χ4n) is 3.16. The fraction of sp³-hybridized carbons (Fsp3) is 0.450. The summed E-state index contributed by atoms with van der Waals surface area (Å²) in [6.07, 6.45) is 1.71. The summed E-state index contributed by atoms with van der Waals surface area (Å²) < 4.78 is 11.4. The van der Waals surface area contributed by atoms with Crippen LogP contribution in [0.3, 0.4) is 0 Å². The van der Waals surface area contributed by atoms with Gasteiger partial charge < -0.3 is 14.4 Å². The van der Waals surface area contributed by atoms with Crippen LogP contribution in [0.5, 0.6) is 11.8 Å². The molecule has 1 aliphatic heterocycles. The van der Waals surface area contributed by atoms with E-state index in [0.29, 0.717) is 24.7 Å². The van der Waals surface area contributed by atoms with Gasteiger partial charge in [-0.3, -0.25) is 4.79 Å². The third kappa shape index (κ3) is 4.50. The van der Waals surface area contributed by atoms with Crippen molar-refractivity contribution in [3.8, 4) is 11.8 Å². The molecule has 1 aromatic carbocycles. The van der Waals surface area contributed by atoms with Gasteiger partial charge in [0.25, 0.3) is 5.91 Å². The number of piperidine rings is 1. The molecule has 1 saturated heterocycles. The number of hydrogen-bond donors (Lipinski definition) is 0. The van der Waals surface area contributed by atoms with Gasteiger partial charge in [-0.2, -0.15) is 0 Å². The normalized spacial score (nSPS) is 17.0. The third-order valence-electron chi connectivity index (χ3n) is 4.31. The standard InChI is InChI=1S/C20H25N3O3/c1-4-25-17-9-7-16(8-10-17)19(24)23-11-5-6-18(13-23)26-20-21-14(2)12-15(3)22-20/h7-10,12,18H,4-6,11,13H2,1-3H3. The van der Waals surface area contributed by atoms with Gasteiger partial charge in [-0.15, -0.1) is 0 Å². The summed E-state index contributed by atoms with van der Waals surface area (Å²) >= 11 is 0. The Hall–Kier alpha value is -2.63. The third-order valence-corrected chi connectivity index (χ3v) is 4.31. The van der Waals surface area contributed by atoms with E-state index in [1.165, 1.54) is 0 Å². The zero-order chi connectivity index (χ0) is 18.5. The number of carbonyl (C=O) groups is 1. The number of likely N-dealkylation sites (tertiary alicyclic amines) is 1. The molecule has 26 heavy (non-hydrogen) atoms. The van der Waals surface area contributed by atoms with Crippen molar-refractivity contribution in [2.24, 2.45) is 0 Å². The molecule has 0 radical (unpaired) electrons. The smallest absolute Gasteiger partial charge is 0.317 e. The van der Waals surface area contributed by atoms with E-state index >= 15 is 0 Å². The Morgan fingerprint density at radius 2 is 1.88 bits per heavy atom. The monoisotopic (exact) mass is 355 g/mol. The highest BCUT2D eigenvalue weighted by Gasteiger charge is 2.26. The van der Waals surface area contributed by atoms with Crippen molar-refractivity contribution >= 4 is 5.91 Å². The van der Waals surface area contributed by atoms with Gasteiger partial charge in [-0.25, -0.2) is 9.97 Å². The lowest BCUT2D eigenvalue weighted by Crippen LogP contribution is -2.44. The Morgan fingerprint density at radius 1 is 1.19 bits per heavy atom. The highest BCUT2D eigenvalue weighted by Crippen LogP contribution is 2.19. The van der Waals surface area contributed by atoms with Crippen molar-refractivity contribution in [1.29, 1.82) is 0 Å². The van der Waals surface area contributed by atoms with E-state index in [4.69, 9.17) is 9.47 Å². The molecular formula is C20H25N3O3. The predicted octanol–water partition coefficient (Wildman–Crippen LogP) is 3.18. The second-order valence-electron chi connectivity index (χ2n) is 6.52. The summed E-state index contributed by atoms with van der Waals surface area (Å²) in [7, 11) is 0. The second-order valence-corrected chi connectivity index (χ2v) is 6.52. The molecule has 1 aliphatic rings. The number of benzene rings is 1. The Bertz CT molecular complexity index is 741. The van der Waals surface area contributed by atoms with E-state index in [2.05, 4.69) is 9.97 Å². The number of aromatic nitrogens is 2. The number of aryl methyl sites for hydroxylation is 2. The molecule has 2 heterocycles. The Kier molecular flexibility index (Phi) is 5.71. The van der Waals surface area contributed by atoms with Crippen molar-refractivity contribution in [3.63, 3.8) is 0 Å². The van der Waals surface area contributed by atoms with Gasteiger partial charge in [0.1, 0.15) is 11.9 Å². The highest BCUT2D eigenvalue weighted by molar-refractivity contribution is 5.94. The molecule has 0 spiro atoms. The molecule has 2 aromatic rings. The van der Waals surface area contributed by atoms with Crippen LogP contribution in [0.2, 0.25) is 0 Å². The van der Waals surface area contributed by atoms with Crippen molar-refractivity contribution in [2.45, 2.75) is 39.7 Å². The van der Waals surface area contributed by atoms with Crippen LogP contribution >= 0.6 is 0 Å². The van der Waals surface area contributed by atoms with Crippen molar-refractivity contribution in [3.05, 3.63) is 47.3 Å². The van der Waals surface area contributed by atoms with Crippen LogP contribution in [0, 0.1) is 13.8 Å². The summed E-state index contributed by atoms with van der Waals surface area (Å²) in [6, 6.07) is 9.59. The summed E-state index contributed by atoms with van der Waals surface area (Å²) in [6.45, 7) is 7.67. The molecule has 6 nitrogen and oxygen atoms in total. The largest absolute Gasteiger partial charge is 0.494 e. The van der Waals surface area contributed by atoms with Crippen LogP contribution in [-0.2, 0) is 0 Å². The zero-order valence-electron chi connectivity index (χ0n) is 15.6. The quantitative estimate of drug-likeness (QED) is 0.824. The average Bonchev–Trinajstić information content (AvgIpc) is 2.61. The summed E-state index contributed by atoms with van der Waals surface area (Å²) in [5.74, 6) is 0.790. The highest BCUT2D eigenvalue weighted by atomic mass is 16.5. The number of carbonyl (C=O) groups excluding carboxylic acids is 1. The maximum Gasteiger partial charge on any atom is 0.317 e. The number of rotatable bonds is 5. The van der Waals surface area contributed by atoms with E-state index in [-0.39, 0.29) is 12.0 Å². The van der Waals surface area contributed by atoms with Gasteiger partial charge in [0.2, 0.25) is 0 Å². The molecule has 0 saturated carbocycles. The zero-order valence-corrected chi connectivity index (χ0v) is 15.6. The van der Waals surface area contributed by atoms with Crippen molar-refractivity contribution < 1.29 is 14.3 Å². The maximum atomic E-state index is 12.8. The molecule has 0 aliphatic carbocycles. The topological polar surface area (TPSA) is 64.5 Å². The number of hydrogen-bond acceptors (Lipinski definition) is 5. The fourth-order valence-corrected chi connectivity index (χ4v) is 3.16. The summed E-state index contributed by atoms with van der Waals surface area (Å²) in [4.78, 5) is 23.3. The maximum absolute atomic E-state index is 12.8. The van der Waals surface area contributed by atoms with Crippen LogP contribution in [0.1, 0.15) is 41.5 Å². The SMILES string of the molecule is CCOc1ccc(C(=O)N2CCCC(Oc3nc(C)cc(C)n3)C2)cc1. The second kappa shape index (κ2) is 8.17. The van der Waals surface area contributed by atoms with E-state index < -0.39 is 0 Å². The van der Waals surface area contributed by atoms with E-state index in [0.717, 1.165) is 36.5 Å². The molecule has 1 atom stereocenters. The average molecular weight is 355 g/mol. The first-order valence-electron chi connectivity index (χ1n) is 9.06. The van der Waals surface area contributed by atoms with Crippen molar-refractivity contribution in [2.75, 3.05) is 19.7 Å². The molecule has 1 amide bonds. The van der Waals surface area contributed by atoms with Crippen LogP contribution < -0.4 is 9.47 Å². The van der Waals surface area contributed by atoms with E-state index in [1.807, 2.05) is 56.0 Å². The summed E-state index contributed by atoms with van der Waals surface area (Å²) in [5, 5.41) is 0. The Balaban J connectivity index is 1.64. The van der Waals surface area contributed by atoms with Gasteiger partial charge in [-0.05, 0) is 63.9 Å². The summed E-state index contributed by atoms with van der Waals surface area (Å²) in [5.41, 5.74) is 2.42. The molecule has 6 heteroatoms. The van der Waals surface area contributed by atoms with Crippen LogP contribution in [0.25, 0.3) is 0 Å². The minimum Gasteiger partial charge on any atom is -0.494 e. The first-order valence-corrected chi connectivity index (χ1v) is 9.06. The van der Waals surface area contributed by atoms with E-state index in [1.54, 1.807) is 0 Å². The van der Waals surface area contributed by atoms with Gasteiger partial charge in [0, 0.05) is 23.5 Å². The Labute approximate surface area is 154 Å². The van der Waals surface area contributed by atoms with Gasteiger partial charge in [0.15, 0.2) is 0 Å². The number of ether oxygens (including phenoxy) is 2. The molecule has 1 aromatic heterocycles. The molecule has 138 valence electrons. The number of nitrogens with zero attached hydrogens (tertiary/aromatic N) is 3. The van der Waals surface area contributed by atoms with Crippen LogP contribution in [0.15, 0.2) is 30.3 Å². The lowest BCUT2D eigenvalue weighted by atomic mass is 10.1. The lowest BCUT2D eigenvalue weighted by molar-refractivity contribution is 0.0515. The first kappa shape index (κ1) is 18.2. The van der Waals surface area contributed by atoms with Crippen LogP contribution in [0.4, 0.5) is 0 Å². The van der Waals surface area contributed by atoms with Crippen LogP contribution in [-0.4, -0.2) is 46.6 Å². The van der Waals surface area contributed by atoms with Gasteiger partial charge in [-0.1, -0.05) is 0 Å². The lowest BCUT2D eigenvalue weighted by Gasteiger charge is -2.32.